The fourth-order valence-electron chi connectivity index (χ4n) is 3.58. The van der Waals surface area contributed by atoms with Crippen molar-refractivity contribution in [3.05, 3.63) is 59.5 Å². The van der Waals surface area contributed by atoms with Crippen LogP contribution in [0.4, 0.5) is 5.82 Å². The molecule has 0 spiro atoms. The van der Waals surface area contributed by atoms with Crippen molar-refractivity contribution in [2.45, 2.75) is 32.4 Å². The van der Waals surface area contributed by atoms with Crippen LogP contribution in [0.25, 0.3) is 11.0 Å². The van der Waals surface area contributed by atoms with Gasteiger partial charge in [-0.15, -0.1) is 0 Å². The number of amides is 1. The van der Waals surface area contributed by atoms with E-state index in [1.807, 2.05) is 37.3 Å². The van der Waals surface area contributed by atoms with Crippen LogP contribution in [0.5, 0.6) is 0 Å². The lowest BCUT2D eigenvalue weighted by molar-refractivity contribution is 0.0925. The number of nitrogens with zero attached hydrogens (tertiary/aromatic N) is 2. The monoisotopic (exact) mass is 365 g/mol. The first-order valence-corrected chi connectivity index (χ1v) is 9.26. The highest BCUT2D eigenvalue weighted by molar-refractivity contribution is 5.96. The molecular weight excluding hydrogens is 342 g/mol. The molecule has 1 unspecified atom stereocenters. The van der Waals surface area contributed by atoms with Crippen LogP contribution < -0.4 is 10.2 Å². The van der Waals surface area contributed by atoms with Gasteiger partial charge in [0.25, 0.3) is 5.91 Å². The van der Waals surface area contributed by atoms with Gasteiger partial charge < -0.3 is 19.7 Å². The molecule has 0 aliphatic carbocycles. The van der Waals surface area contributed by atoms with Crippen molar-refractivity contribution in [3.63, 3.8) is 0 Å². The van der Waals surface area contributed by atoms with Crippen LogP contribution in [0, 0.1) is 6.92 Å². The number of piperidine rings is 1. The maximum absolute atomic E-state index is 12.6. The number of aromatic nitrogens is 1. The molecule has 6 heteroatoms. The Hall–Kier alpha value is -2.86. The Kier molecular flexibility index (Phi) is 4.81. The van der Waals surface area contributed by atoms with Gasteiger partial charge in [0, 0.05) is 36.8 Å². The summed E-state index contributed by atoms with van der Waals surface area (Å²) in [6.45, 7) is 3.74. The number of aliphatic hydroxyl groups excluding tert-OH is 1. The maximum Gasteiger partial charge on any atom is 0.287 e. The van der Waals surface area contributed by atoms with Crippen molar-refractivity contribution < 1.29 is 14.3 Å². The Bertz CT molecular complexity index is 966. The minimum absolute atomic E-state index is 0.251. The molecule has 1 aliphatic heterocycles. The van der Waals surface area contributed by atoms with Gasteiger partial charge in [0.2, 0.25) is 0 Å². The molecule has 1 aromatic carbocycles. The molecule has 1 fully saturated rings. The number of hydrogen-bond acceptors (Lipinski definition) is 5. The molecule has 6 nitrogen and oxygen atoms in total. The predicted molar refractivity (Wildman–Crippen MR) is 104 cm³/mol. The summed E-state index contributed by atoms with van der Waals surface area (Å²) in [5.74, 6) is 0.870. The smallest absolute Gasteiger partial charge is 0.287 e. The summed E-state index contributed by atoms with van der Waals surface area (Å²) in [7, 11) is 0. The van der Waals surface area contributed by atoms with E-state index in [-0.39, 0.29) is 12.0 Å². The van der Waals surface area contributed by atoms with Crippen LogP contribution in [0.15, 0.2) is 47.0 Å². The van der Waals surface area contributed by atoms with E-state index in [0.717, 1.165) is 47.3 Å². The zero-order valence-electron chi connectivity index (χ0n) is 15.3. The standard InChI is InChI=1S/C21H23N3O3/c1-14-5-2-6-15-11-18(27-19(14)15)21(26)23-12-16-7-3-9-22-20(16)24-10-4-8-17(25)13-24/h2-3,5-7,9,11,17,25H,4,8,10,12-13H2,1H3,(H,23,26). The van der Waals surface area contributed by atoms with E-state index >= 15 is 0 Å². The van der Waals surface area contributed by atoms with Crippen molar-refractivity contribution in [2.75, 3.05) is 18.0 Å². The molecule has 2 aromatic heterocycles. The summed E-state index contributed by atoms with van der Waals surface area (Å²) >= 11 is 0. The summed E-state index contributed by atoms with van der Waals surface area (Å²) in [5.41, 5.74) is 2.67. The molecule has 27 heavy (non-hydrogen) atoms. The van der Waals surface area contributed by atoms with E-state index in [2.05, 4.69) is 15.2 Å². The second-order valence-corrected chi connectivity index (χ2v) is 7.01. The van der Waals surface area contributed by atoms with Gasteiger partial charge >= 0.3 is 0 Å². The van der Waals surface area contributed by atoms with Gasteiger partial charge in [0.15, 0.2) is 5.76 Å². The number of para-hydroxylation sites is 1. The highest BCUT2D eigenvalue weighted by atomic mass is 16.3. The first kappa shape index (κ1) is 17.5. The first-order chi connectivity index (χ1) is 13.1. The van der Waals surface area contributed by atoms with Crippen LogP contribution in [-0.4, -0.2) is 35.2 Å². The van der Waals surface area contributed by atoms with E-state index in [0.29, 0.717) is 18.8 Å². The van der Waals surface area contributed by atoms with Crippen molar-refractivity contribution in [3.8, 4) is 0 Å². The molecule has 4 rings (SSSR count). The van der Waals surface area contributed by atoms with Crippen LogP contribution in [-0.2, 0) is 6.54 Å². The van der Waals surface area contributed by atoms with Crippen LogP contribution in [0.2, 0.25) is 0 Å². The fraction of sp³-hybridized carbons (Fsp3) is 0.333. The number of β-amino-alcohol motifs (C(OH)–C–C–N with tert-alkyl or cyclic N) is 1. The van der Waals surface area contributed by atoms with Crippen molar-refractivity contribution >= 4 is 22.7 Å². The number of benzene rings is 1. The van der Waals surface area contributed by atoms with Gasteiger partial charge in [-0.1, -0.05) is 24.3 Å². The summed E-state index contributed by atoms with van der Waals surface area (Å²) in [5, 5.41) is 13.8. The molecule has 2 N–H and O–H groups in total. The molecule has 1 atom stereocenters. The number of aliphatic hydroxyl groups is 1. The largest absolute Gasteiger partial charge is 0.451 e. The van der Waals surface area contributed by atoms with E-state index in [1.165, 1.54) is 0 Å². The highest BCUT2D eigenvalue weighted by Crippen LogP contribution is 2.24. The van der Waals surface area contributed by atoms with Crippen LogP contribution in [0.3, 0.4) is 0 Å². The summed E-state index contributed by atoms with van der Waals surface area (Å²) in [6.07, 6.45) is 3.16. The number of carbonyl (C=O) groups is 1. The number of anilines is 1. The highest BCUT2D eigenvalue weighted by Gasteiger charge is 2.21. The van der Waals surface area contributed by atoms with E-state index in [4.69, 9.17) is 4.42 Å². The zero-order chi connectivity index (χ0) is 18.8. The second kappa shape index (κ2) is 7.40. The molecule has 3 aromatic rings. The number of pyridine rings is 1. The average Bonchev–Trinajstić information content (AvgIpc) is 3.12. The minimum Gasteiger partial charge on any atom is -0.451 e. The zero-order valence-corrected chi connectivity index (χ0v) is 15.3. The van der Waals surface area contributed by atoms with Gasteiger partial charge in [-0.05, 0) is 37.5 Å². The van der Waals surface area contributed by atoms with Gasteiger partial charge in [-0.25, -0.2) is 4.98 Å². The van der Waals surface area contributed by atoms with Gasteiger partial charge in [0.1, 0.15) is 11.4 Å². The second-order valence-electron chi connectivity index (χ2n) is 7.01. The van der Waals surface area contributed by atoms with Crippen molar-refractivity contribution in [1.29, 1.82) is 0 Å². The number of nitrogens with one attached hydrogen (secondary N) is 1. The molecular formula is C21H23N3O3. The maximum atomic E-state index is 12.6. The van der Waals surface area contributed by atoms with E-state index in [9.17, 15) is 9.90 Å². The SMILES string of the molecule is Cc1cccc2cc(C(=O)NCc3cccnc3N3CCCC(O)C3)oc12. The molecule has 1 aliphatic rings. The number of fused-ring (bicyclic) bond motifs is 1. The minimum atomic E-state index is -0.331. The lowest BCUT2D eigenvalue weighted by Gasteiger charge is -2.32. The molecule has 0 radical (unpaired) electrons. The van der Waals surface area contributed by atoms with Gasteiger partial charge in [-0.3, -0.25) is 4.79 Å². The number of furan rings is 1. The summed E-state index contributed by atoms with van der Waals surface area (Å²) in [6, 6.07) is 11.4. The van der Waals surface area contributed by atoms with Crippen molar-refractivity contribution in [2.24, 2.45) is 0 Å². The Morgan fingerprint density at radius 3 is 3.07 bits per heavy atom. The quantitative estimate of drug-likeness (QED) is 0.743. The first-order valence-electron chi connectivity index (χ1n) is 9.26. The number of carbonyl (C=O) groups excluding carboxylic acids is 1. The molecule has 1 amide bonds. The van der Waals surface area contributed by atoms with Crippen LogP contribution >= 0.6 is 0 Å². The summed E-state index contributed by atoms with van der Waals surface area (Å²) < 4.78 is 5.74. The Balaban J connectivity index is 1.49. The third-order valence-corrected chi connectivity index (χ3v) is 4.97. The average molecular weight is 365 g/mol. The molecule has 3 heterocycles. The lowest BCUT2D eigenvalue weighted by atomic mass is 10.1. The molecule has 1 saturated heterocycles. The topological polar surface area (TPSA) is 78.6 Å². The Labute approximate surface area is 157 Å². The molecule has 140 valence electrons. The van der Waals surface area contributed by atoms with E-state index in [1.54, 1.807) is 12.3 Å². The number of rotatable bonds is 4. The van der Waals surface area contributed by atoms with Gasteiger partial charge in [-0.2, -0.15) is 0 Å². The lowest BCUT2D eigenvalue weighted by Crippen LogP contribution is -2.39. The van der Waals surface area contributed by atoms with E-state index < -0.39 is 0 Å². The third kappa shape index (κ3) is 3.66. The Morgan fingerprint density at radius 1 is 1.37 bits per heavy atom. The number of hydrogen-bond donors (Lipinski definition) is 2. The molecule has 0 saturated carbocycles. The van der Waals surface area contributed by atoms with Crippen molar-refractivity contribution in [1.82, 2.24) is 10.3 Å². The third-order valence-electron chi connectivity index (χ3n) is 4.97. The molecule has 0 bridgehead atoms. The predicted octanol–water partition coefficient (Wildman–Crippen LogP) is 3.03. The van der Waals surface area contributed by atoms with Crippen LogP contribution in [0.1, 0.15) is 34.5 Å². The number of aryl methyl sites for hydroxylation is 1. The Morgan fingerprint density at radius 2 is 2.26 bits per heavy atom. The normalized spacial score (nSPS) is 17.3. The van der Waals surface area contributed by atoms with Gasteiger partial charge in [0.05, 0.1) is 6.10 Å². The fourth-order valence-corrected chi connectivity index (χ4v) is 3.58. The summed E-state index contributed by atoms with van der Waals surface area (Å²) in [4.78, 5) is 19.1.